The van der Waals surface area contributed by atoms with E-state index < -0.39 is 6.04 Å². The van der Waals surface area contributed by atoms with Crippen LogP contribution in [0.25, 0.3) is 11.0 Å². The molecule has 0 N–H and O–H groups in total. The number of methoxy groups -OCH3 is 3. The first-order valence-corrected chi connectivity index (χ1v) is 11.3. The van der Waals surface area contributed by atoms with Gasteiger partial charge in [0.1, 0.15) is 11.3 Å². The molecule has 0 bridgehead atoms. The van der Waals surface area contributed by atoms with Crippen LogP contribution in [0.2, 0.25) is 0 Å². The molecule has 0 fully saturated rings. The molecule has 0 saturated heterocycles. The summed E-state index contributed by atoms with van der Waals surface area (Å²) in [6.07, 6.45) is 0.550. The van der Waals surface area contributed by atoms with Gasteiger partial charge in [-0.25, -0.2) is 0 Å². The second-order valence-corrected chi connectivity index (χ2v) is 8.29. The Labute approximate surface area is 202 Å². The van der Waals surface area contributed by atoms with Gasteiger partial charge < -0.3 is 23.5 Å². The zero-order chi connectivity index (χ0) is 24.5. The number of carbonyl (C=O) groups excluding carboxylic acids is 1. The number of ether oxygens (including phenoxy) is 3. The monoisotopic (exact) mass is 471 g/mol. The largest absolute Gasteiger partial charge is 0.497 e. The highest BCUT2D eigenvalue weighted by atomic mass is 16.5. The summed E-state index contributed by atoms with van der Waals surface area (Å²) >= 11 is 0. The van der Waals surface area contributed by atoms with Gasteiger partial charge in [0.25, 0.3) is 5.91 Å². The molecule has 0 spiro atoms. The van der Waals surface area contributed by atoms with Crippen LogP contribution in [0.1, 0.15) is 33.3 Å². The Kier molecular flexibility index (Phi) is 5.91. The Morgan fingerprint density at radius 1 is 0.857 bits per heavy atom. The van der Waals surface area contributed by atoms with Gasteiger partial charge in [0.15, 0.2) is 16.9 Å². The number of benzene rings is 3. The maximum Gasteiger partial charge on any atom is 0.290 e. The van der Waals surface area contributed by atoms with E-state index in [1.165, 1.54) is 0 Å². The van der Waals surface area contributed by atoms with E-state index in [4.69, 9.17) is 18.6 Å². The molecule has 178 valence electrons. The number of para-hydroxylation sites is 1. The van der Waals surface area contributed by atoms with E-state index in [-0.39, 0.29) is 17.1 Å². The van der Waals surface area contributed by atoms with Crippen molar-refractivity contribution in [1.82, 2.24) is 4.90 Å². The van der Waals surface area contributed by atoms with Gasteiger partial charge in [-0.15, -0.1) is 0 Å². The zero-order valence-corrected chi connectivity index (χ0v) is 19.7. The highest BCUT2D eigenvalue weighted by molar-refractivity contribution is 5.99. The Hall–Kier alpha value is -4.26. The maximum absolute atomic E-state index is 13.6. The van der Waals surface area contributed by atoms with E-state index in [9.17, 15) is 9.59 Å². The van der Waals surface area contributed by atoms with Gasteiger partial charge in [-0.2, -0.15) is 0 Å². The average Bonchev–Trinajstić information content (AvgIpc) is 3.18. The molecule has 0 saturated carbocycles. The second kappa shape index (κ2) is 9.18. The molecule has 4 aromatic rings. The van der Waals surface area contributed by atoms with Crippen molar-refractivity contribution >= 4 is 16.9 Å². The van der Waals surface area contributed by atoms with Crippen LogP contribution in [0, 0.1) is 0 Å². The minimum atomic E-state index is -0.589. The summed E-state index contributed by atoms with van der Waals surface area (Å²) in [6.45, 7) is 0.371. The summed E-state index contributed by atoms with van der Waals surface area (Å²) in [5.74, 6) is 1.68. The van der Waals surface area contributed by atoms with Gasteiger partial charge in [-0.3, -0.25) is 9.59 Å². The summed E-state index contributed by atoms with van der Waals surface area (Å²) in [6, 6.07) is 19.5. The lowest BCUT2D eigenvalue weighted by Gasteiger charge is -2.25. The lowest BCUT2D eigenvalue weighted by atomic mass is 9.98. The average molecular weight is 472 g/mol. The predicted molar refractivity (Wildman–Crippen MR) is 132 cm³/mol. The smallest absolute Gasteiger partial charge is 0.290 e. The van der Waals surface area contributed by atoms with Gasteiger partial charge >= 0.3 is 0 Å². The van der Waals surface area contributed by atoms with E-state index in [1.807, 2.05) is 42.5 Å². The molecule has 1 unspecified atom stereocenters. The lowest BCUT2D eigenvalue weighted by Crippen LogP contribution is -2.31. The molecule has 35 heavy (non-hydrogen) atoms. The summed E-state index contributed by atoms with van der Waals surface area (Å²) in [4.78, 5) is 28.9. The van der Waals surface area contributed by atoms with Crippen LogP contribution in [0.5, 0.6) is 17.2 Å². The Morgan fingerprint density at radius 2 is 1.66 bits per heavy atom. The third-order valence-corrected chi connectivity index (χ3v) is 6.37. The van der Waals surface area contributed by atoms with Gasteiger partial charge in [-0.1, -0.05) is 30.3 Å². The molecule has 1 amide bonds. The van der Waals surface area contributed by atoms with Crippen molar-refractivity contribution in [3.8, 4) is 17.2 Å². The standard InChI is InChI=1S/C28H25NO6/c1-32-19-8-6-7-18(16-19)25-24-26(30)20-9-4-5-10-21(20)35-27(24)28(31)29(25)14-13-17-11-12-22(33-2)23(15-17)34-3/h4-12,15-16,25H,13-14H2,1-3H3. The van der Waals surface area contributed by atoms with Crippen LogP contribution in [-0.4, -0.2) is 38.7 Å². The van der Waals surface area contributed by atoms with E-state index in [0.717, 1.165) is 11.1 Å². The van der Waals surface area contributed by atoms with Gasteiger partial charge in [0.05, 0.1) is 38.3 Å². The molecular weight excluding hydrogens is 446 g/mol. The minimum Gasteiger partial charge on any atom is -0.497 e. The Morgan fingerprint density at radius 3 is 2.43 bits per heavy atom. The number of hydrogen-bond acceptors (Lipinski definition) is 6. The highest BCUT2D eigenvalue weighted by Crippen LogP contribution is 2.39. The van der Waals surface area contributed by atoms with Crippen molar-refractivity contribution in [3.63, 3.8) is 0 Å². The summed E-state index contributed by atoms with van der Waals surface area (Å²) in [5, 5.41) is 0.452. The first-order chi connectivity index (χ1) is 17.0. The van der Waals surface area contributed by atoms with Crippen LogP contribution < -0.4 is 19.6 Å². The summed E-state index contributed by atoms with van der Waals surface area (Å²) in [5.41, 5.74) is 2.31. The SMILES string of the molecule is COc1cccc(C2c3c(oc4ccccc4c3=O)C(=O)N2CCc2ccc(OC)c(OC)c2)c1. The first-order valence-electron chi connectivity index (χ1n) is 11.3. The van der Waals surface area contributed by atoms with E-state index in [0.29, 0.717) is 46.7 Å². The van der Waals surface area contributed by atoms with Crippen LogP contribution in [-0.2, 0) is 6.42 Å². The quantitative estimate of drug-likeness (QED) is 0.392. The number of rotatable bonds is 7. The number of hydrogen-bond donors (Lipinski definition) is 0. The second-order valence-electron chi connectivity index (χ2n) is 8.29. The number of carbonyl (C=O) groups is 1. The van der Waals surface area contributed by atoms with Crippen LogP contribution in [0.3, 0.4) is 0 Å². The highest BCUT2D eigenvalue weighted by Gasteiger charge is 2.42. The van der Waals surface area contributed by atoms with Gasteiger partial charge in [0, 0.05) is 6.54 Å². The Balaban J connectivity index is 1.59. The fraction of sp³-hybridized carbons (Fsp3) is 0.214. The molecule has 1 aliphatic rings. The third kappa shape index (κ3) is 3.89. The molecule has 1 aromatic heterocycles. The van der Waals surface area contributed by atoms with Crippen molar-refractivity contribution in [3.05, 3.63) is 99.4 Å². The van der Waals surface area contributed by atoms with Crippen molar-refractivity contribution in [2.75, 3.05) is 27.9 Å². The van der Waals surface area contributed by atoms with E-state index in [1.54, 1.807) is 50.5 Å². The summed E-state index contributed by atoms with van der Waals surface area (Å²) in [7, 11) is 4.76. The number of amides is 1. The molecule has 1 atom stereocenters. The van der Waals surface area contributed by atoms with Crippen molar-refractivity contribution < 1.29 is 23.4 Å². The molecule has 7 nitrogen and oxygen atoms in total. The normalized spacial score (nSPS) is 14.8. The van der Waals surface area contributed by atoms with Crippen LogP contribution >= 0.6 is 0 Å². The zero-order valence-electron chi connectivity index (χ0n) is 19.7. The third-order valence-electron chi connectivity index (χ3n) is 6.37. The number of fused-ring (bicyclic) bond motifs is 2. The molecule has 2 heterocycles. The molecular formula is C28H25NO6. The lowest BCUT2D eigenvalue weighted by molar-refractivity contribution is 0.0730. The molecule has 5 rings (SSSR count). The fourth-order valence-electron chi connectivity index (χ4n) is 4.64. The topological polar surface area (TPSA) is 78.2 Å². The van der Waals surface area contributed by atoms with Crippen molar-refractivity contribution in [1.29, 1.82) is 0 Å². The van der Waals surface area contributed by atoms with E-state index in [2.05, 4.69) is 0 Å². The molecule has 1 aliphatic heterocycles. The van der Waals surface area contributed by atoms with Gasteiger partial charge in [0.2, 0.25) is 5.76 Å². The predicted octanol–water partition coefficient (Wildman–Crippen LogP) is 4.61. The molecule has 0 radical (unpaired) electrons. The Bertz CT molecular complexity index is 1470. The number of nitrogens with zero attached hydrogens (tertiary/aromatic N) is 1. The minimum absolute atomic E-state index is 0.0915. The van der Waals surface area contributed by atoms with Crippen LogP contribution in [0.4, 0.5) is 0 Å². The van der Waals surface area contributed by atoms with E-state index >= 15 is 0 Å². The van der Waals surface area contributed by atoms with Crippen molar-refractivity contribution in [2.24, 2.45) is 0 Å². The van der Waals surface area contributed by atoms with Crippen molar-refractivity contribution in [2.45, 2.75) is 12.5 Å². The molecule has 3 aromatic carbocycles. The maximum atomic E-state index is 13.6. The first kappa shape index (κ1) is 22.5. The molecule has 0 aliphatic carbocycles. The molecule has 7 heteroatoms. The van der Waals surface area contributed by atoms with Gasteiger partial charge in [-0.05, 0) is 53.9 Å². The summed E-state index contributed by atoms with van der Waals surface area (Å²) < 4.78 is 22.2. The van der Waals surface area contributed by atoms with Crippen LogP contribution in [0.15, 0.2) is 75.9 Å². The fourth-order valence-corrected chi connectivity index (χ4v) is 4.64.